The first kappa shape index (κ1) is 14.2. The van der Waals surface area contributed by atoms with Crippen LogP contribution in [-0.2, 0) is 0 Å². The summed E-state index contributed by atoms with van der Waals surface area (Å²) in [7, 11) is 0. The van der Waals surface area contributed by atoms with Gasteiger partial charge in [-0.15, -0.1) is 0 Å². The molecule has 2 atom stereocenters. The summed E-state index contributed by atoms with van der Waals surface area (Å²) in [4.78, 5) is 0. The molecular formula is C16H17BrFN. The van der Waals surface area contributed by atoms with Crippen LogP contribution in [0.15, 0.2) is 53.0 Å². The molecule has 0 aliphatic carbocycles. The van der Waals surface area contributed by atoms with Crippen LogP contribution < -0.4 is 5.32 Å². The summed E-state index contributed by atoms with van der Waals surface area (Å²) in [6, 6.07) is 15.3. The maximum Gasteiger partial charge on any atom is 0.123 e. The Hall–Kier alpha value is -1.19. The summed E-state index contributed by atoms with van der Waals surface area (Å²) in [6.45, 7) is 4.21. The molecule has 0 heterocycles. The van der Waals surface area contributed by atoms with Gasteiger partial charge in [-0.25, -0.2) is 4.39 Å². The van der Waals surface area contributed by atoms with Crippen LogP contribution in [0.3, 0.4) is 0 Å². The molecule has 0 saturated heterocycles. The Balaban J connectivity index is 2.03. The van der Waals surface area contributed by atoms with E-state index in [-0.39, 0.29) is 17.9 Å². The van der Waals surface area contributed by atoms with Gasteiger partial charge >= 0.3 is 0 Å². The first-order chi connectivity index (χ1) is 9.06. The summed E-state index contributed by atoms with van der Waals surface area (Å²) in [5.74, 6) is -0.197. The molecule has 0 aliphatic rings. The van der Waals surface area contributed by atoms with Crippen LogP contribution in [0.4, 0.5) is 4.39 Å². The predicted octanol–water partition coefficient (Wildman–Crippen LogP) is 5.00. The summed E-state index contributed by atoms with van der Waals surface area (Å²) >= 11 is 3.43. The molecule has 1 unspecified atom stereocenters. The van der Waals surface area contributed by atoms with E-state index >= 15 is 0 Å². The SMILES string of the molecule is CC(N[C@H](C)c1ccc(F)cc1)c1ccc(Br)cc1. The lowest BCUT2D eigenvalue weighted by Crippen LogP contribution is -2.22. The second kappa shape index (κ2) is 6.31. The lowest BCUT2D eigenvalue weighted by Gasteiger charge is -2.21. The van der Waals surface area contributed by atoms with Crippen molar-refractivity contribution in [2.45, 2.75) is 25.9 Å². The molecule has 0 aliphatic heterocycles. The highest BCUT2D eigenvalue weighted by atomic mass is 79.9. The average molecular weight is 322 g/mol. The van der Waals surface area contributed by atoms with Crippen molar-refractivity contribution in [2.24, 2.45) is 0 Å². The molecule has 0 bridgehead atoms. The minimum absolute atomic E-state index is 0.180. The maximum atomic E-state index is 12.9. The number of hydrogen-bond donors (Lipinski definition) is 1. The minimum Gasteiger partial charge on any atom is -0.304 e. The van der Waals surface area contributed by atoms with E-state index in [4.69, 9.17) is 0 Å². The number of hydrogen-bond acceptors (Lipinski definition) is 1. The Kier molecular flexibility index (Phi) is 4.72. The van der Waals surface area contributed by atoms with Gasteiger partial charge in [-0.2, -0.15) is 0 Å². The van der Waals surface area contributed by atoms with Crippen molar-refractivity contribution in [1.29, 1.82) is 0 Å². The monoisotopic (exact) mass is 321 g/mol. The molecule has 2 rings (SSSR count). The maximum absolute atomic E-state index is 12.9. The summed E-state index contributed by atoms with van der Waals surface area (Å²) in [6.07, 6.45) is 0. The molecule has 0 aromatic heterocycles. The zero-order valence-electron chi connectivity index (χ0n) is 11.0. The molecule has 0 amide bonds. The van der Waals surface area contributed by atoms with Gasteiger partial charge in [0.25, 0.3) is 0 Å². The van der Waals surface area contributed by atoms with Crippen molar-refractivity contribution >= 4 is 15.9 Å². The van der Waals surface area contributed by atoms with Gasteiger partial charge in [0.15, 0.2) is 0 Å². The molecule has 0 spiro atoms. The third-order valence-corrected chi connectivity index (χ3v) is 3.77. The molecule has 3 heteroatoms. The van der Waals surface area contributed by atoms with Gasteiger partial charge in [-0.3, -0.25) is 0 Å². The van der Waals surface area contributed by atoms with E-state index < -0.39 is 0 Å². The van der Waals surface area contributed by atoms with E-state index in [1.165, 1.54) is 17.7 Å². The largest absolute Gasteiger partial charge is 0.304 e. The lowest BCUT2D eigenvalue weighted by molar-refractivity contribution is 0.494. The van der Waals surface area contributed by atoms with Crippen molar-refractivity contribution in [3.63, 3.8) is 0 Å². The van der Waals surface area contributed by atoms with Crippen LogP contribution in [0.25, 0.3) is 0 Å². The first-order valence-corrected chi connectivity index (χ1v) is 7.12. The first-order valence-electron chi connectivity index (χ1n) is 6.33. The van der Waals surface area contributed by atoms with Crippen molar-refractivity contribution in [1.82, 2.24) is 5.32 Å². The average Bonchev–Trinajstić information content (AvgIpc) is 2.40. The van der Waals surface area contributed by atoms with Crippen molar-refractivity contribution in [2.75, 3.05) is 0 Å². The van der Waals surface area contributed by atoms with Crippen LogP contribution in [0.1, 0.15) is 37.1 Å². The van der Waals surface area contributed by atoms with E-state index in [2.05, 4.69) is 47.2 Å². The number of benzene rings is 2. The highest BCUT2D eigenvalue weighted by Crippen LogP contribution is 2.21. The van der Waals surface area contributed by atoms with Gasteiger partial charge in [-0.05, 0) is 49.2 Å². The summed E-state index contributed by atoms with van der Waals surface area (Å²) in [5.41, 5.74) is 2.32. The fourth-order valence-corrected chi connectivity index (χ4v) is 2.33. The Bertz CT molecular complexity index is 472. The Labute approximate surface area is 122 Å². The van der Waals surface area contributed by atoms with Crippen molar-refractivity contribution < 1.29 is 4.39 Å². The fourth-order valence-electron chi connectivity index (χ4n) is 2.07. The molecule has 0 saturated carbocycles. The molecule has 100 valence electrons. The summed E-state index contributed by atoms with van der Waals surface area (Å²) < 4.78 is 14.0. The Morgan fingerprint density at radius 2 is 1.26 bits per heavy atom. The molecule has 19 heavy (non-hydrogen) atoms. The van der Waals surface area contributed by atoms with Gasteiger partial charge in [0.05, 0.1) is 0 Å². The predicted molar refractivity (Wildman–Crippen MR) is 80.5 cm³/mol. The standard InChI is InChI=1S/C16H17BrFN/c1-11(13-3-7-15(17)8-4-13)19-12(2)14-5-9-16(18)10-6-14/h3-12,19H,1-2H3/t11?,12-/m1/s1. The fraction of sp³-hybridized carbons (Fsp3) is 0.250. The number of nitrogens with one attached hydrogen (secondary N) is 1. The highest BCUT2D eigenvalue weighted by Gasteiger charge is 2.11. The van der Waals surface area contributed by atoms with Crippen molar-refractivity contribution in [3.05, 3.63) is 69.9 Å². The van der Waals surface area contributed by atoms with Crippen LogP contribution in [0.2, 0.25) is 0 Å². The zero-order chi connectivity index (χ0) is 13.8. The van der Waals surface area contributed by atoms with E-state index in [1.807, 2.05) is 24.3 Å². The van der Waals surface area contributed by atoms with E-state index in [0.29, 0.717) is 0 Å². The van der Waals surface area contributed by atoms with Crippen LogP contribution in [-0.4, -0.2) is 0 Å². The Morgan fingerprint density at radius 3 is 1.74 bits per heavy atom. The zero-order valence-corrected chi connectivity index (χ0v) is 12.6. The lowest BCUT2D eigenvalue weighted by atomic mass is 10.0. The second-order valence-electron chi connectivity index (χ2n) is 4.71. The molecule has 0 radical (unpaired) electrons. The molecule has 1 N–H and O–H groups in total. The van der Waals surface area contributed by atoms with E-state index in [1.54, 1.807) is 0 Å². The minimum atomic E-state index is -0.197. The highest BCUT2D eigenvalue weighted by molar-refractivity contribution is 9.10. The molecule has 2 aromatic carbocycles. The smallest absolute Gasteiger partial charge is 0.123 e. The van der Waals surface area contributed by atoms with E-state index in [0.717, 1.165) is 10.0 Å². The second-order valence-corrected chi connectivity index (χ2v) is 5.63. The Morgan fingerprint density at radius 1 is 0.842 bits per heavy atom. The van der Waals surface area contributed by atoms with Gasteiger partial charge < -0.3 is 5.32 Å². The molecule has 2 aromatic rings. The topological polar surface area (TPSA) is 12.0 Å². The number of rotatable bonds is 4. The molecule has 1 nitrogen and oxygen atoms in total. The van der Waals surface area contributed by atoms with E-state index in [9.17, 15) is 4.39 Å². The molecule has 0 fully saturated rings. The van der Waals surface area contributed by atoms with Crippen LogP contribution >= 0.6 is 15.9 Å². The van der Waals surface area contributed by atoms with Crippen molar-refractivity contribution in [3.8, 4) is 0 Å². The quantitative estimate of drug-likeness (QED) is 0.835. The van der Waals surface area contributed by atoms with Gasteiger partial charge in [0.1, 0.15) is 5.82 Å². The third kappa shape index (κ3) is 3.88. The number of halogens is 2. The van der Waals surface area contributed by atoms with Crippen LogP contribution in [0, 0.1) is 5.82 Å². The van der Waals surface area contributed by atoms with Gasteiger partial charge in [-0.1, -0.05) is 40.2 Å². The van der Waals surface area contributed by atoms with Gasteiger partial charge in [0, 0.05) is 16.6 Å². The summed E-state index contributed by atoms with van der Waals surface area (Å²) in [5, 5.41) is 3.51. The third-order valence-electron chi connectivity index (χ3n) is 3.24. The van der Waals surface area contributed by atoms with Gasteiger partial charge in [0.2, 0.25) is 0 Å². The van der Waals surface area contributed by atoms with Crippen LogP contribution in [0.5, 0.6) is 0 Å². The normalized spacial score (nSPS) is 14.1. The molecular weight excluding hydrogens is 305 g/mol.